The van der Waals surface area contributed by atoms with Crippen LogP contribution in [0.4, 0.5) is 0 Å². The van der Waals surface area contributed by atoms with Crippen LogP contribution in [-0.2, 0) is 11.2 Å². The molecule has 5 nitrogen and oxygen atoms in total. The molecule has 0 spiro atoms. The SMILES string of the molecule is COc1ccccc1-c1ccccc1CC1CN(C(=O)c2ccccc2)CCN(C)C1=O. The summed E-state index contributed by atoms with van der Waals surface area (Å²) in [7, 11) is 3.48. The minimum atomic E-state index is -0.314. The van der Waals surface area contributed by atoms with E-state index in [1.165, 1.54) is 0 Å². The van der Waals surface area contributed by atoms with Gasteiger partial charge in [-0.15, -0.1) is 0 Å². The fourth-order valence-electron chi connectivity index (χ4n) is 4.32. The van der Waals surface area contributed by atoms with Crippen molar-refractivity contribution in [2.45, 2.75) is 6.42 Å². The van der Waals surface area contributed by atoms with Crippen LogP contribution in [-0.4, -0.2) is 55.4 Å². The molecular weight excluding hydrogens is 400 g/mol. The lowest BCUT2D eigenvalue weighted by Crippen LogP contribution is -2.37. The molecule has 1 saturated heterocycles. The number of carbonyl (C=O) groups excluding carboxylic acids is 2. The van der Waals surface area contributed by atoms with Gasteiger partial charge in [-0.1, -0.05) is 60.7 Å². The average molecular weight is 429 g/mol. The van der Waals surface area contributed by atoms with E-state index in [0.29, 0.717) is 31.6 Å². The smallest absolute Gasteiger partial charge is 0.253 e. The van der Waals surface area contributed by atoms with Crippen LogP contribution in [0, 0.1) is 5.92 Å². The van der Waals surface area contributed by atoms with E-state index in [9.17, 15) is 9.59 Å². The Bertz CT molecular complexity index is 1100. The van der Waals surface area contributed by atoms with Gasteiger partial charge in [-0.2, -0.15) is 0 Å². The number of amides is 2. The lowest BCUT2D eigenvalue weighted by atomic mass is 9.91. The van der Waals surface area contributed by atoms with E-state index in [2.05, 4.69) is 12.1 Å². The Morgan fingerprint density at radius 3 is 2.31 bits per heavy atom. The number of hydrogen-bond donors (Lipinski definition) is 0. The number of hydrogen-bond acceptors (Lipinski definition) is 3. The number of carbonyl (C=O) groups is 2. The van der Waals surface area contributed by atoms with Crippen LogP contribution in [0.1, 0.15) is 15.9 Å². The molecule has 1 atom stereocenters. The summed E-state index contributed by atoms with van der Waals surface area (Å²) >= 11 is 0. The first kappa shape index (κ1) is 21.6. The van der Waals surface area contributed by atoms with E-state index in [-0.39, 0.29) is 17.7 Å². The number of nitrogens with zero attached hydrogens (tertiary/aromatic N) is 2. The zero-order valence-electron chi connectivity index (χ0n) is 18.5. The van der Waals surface area contributed by atoms with Crippen LogP contribution in [0.2, 0.25) is 0 Å². The quantitative estimate of drug-likeness (QED) is 0.614. The van der Waals surface area contributed by atoms with Crippen LogP contribution in [0.15, 0.2) is 78.9 Å². The van der Waals surface area contributed by atoms with Gasteiger partial charge in [-0.3, -0.25) is 9.59 Å². The van der Waals surface area contributed by atoms with Gasteiger partial charge in [0.1, 0.15) is 5.75 Å². The molecule has 1 aliphatic heterocycles. The van der Waals surface area contributed by atoms with E-state index in [1.54, 1.807) is 12.0 Å². The van der Waals surface area contributed by atoms with E-state index in [0.717, 1.165) is 22.4 Å². The monoisotopic (exact) mass is 428 g/mol. The Hall–Kier alpha value is -3.60. The molecule has 5 heteroatoms. The van der Waals surface area contributed by atoms with Gasteiger partial charge in [0.2, 0.25) is 5.91 Å². The molecule has 2 amide bonds. The van der Waals surface area contributed by atoms with Gasteiger partial charge in [0.15, 0.2) is 0 Å². The first-order chi connectivity index (χ1) is 15.6. The second-order valence-electron chi connectivity index (χ2n) is 8.14. The molecule has 0 aromatic heterocycles. The van der Waals surface area contributed by atoms with Crippen LogP contribution < -0.4 is 4.74 Å². The van der Waals surface area contributed by atoms with Crippen molar-refractivity contribution in [2.24, 2.45) is 5.92 Å². The summed E-state index contributed by atoms with van der Waals surface area (Å²) < 4.78 is 5.57. The van der Waals surface area contributed by atoms with Crippen molar-refractivity contribution in [2.75, 3.05) is 33.8 Å². The highest BCUT2D eigenvalue weighted by Crippen LogP contribution is 2.33. The molecule has 0 saturated carbocycles. The molecule has 3 aromatic rings. The maximum atomic E-state index is 13.2. The van der Waals surface area contributed by atoms with Crippen molar-refractivity contribution in [3.63, 3.8) is 0 Å². The van der Waals surface area contributed by atoms with Gasteiger partial charge in [-0.05, 0) is 35.7 Å². The Labute approximate surface area is 189 Å². The summed E-state index contributed by atoms with van der Waals surface area (Å²) in [5.74, 6) is 0.524. The molecule has 1 fully saturated rings. The summed E-state index contributed by atoms with van der Waals surface area (Å²) in [6, 6.07) is 25.3. The number of likely N-dealkylation sites (N-methyl/N-ethyl adjacent to an activating group) is 1. The molecule has 1 unspecified atom stereocenters. The first-order valence-corrected chi connectivity index (χ1v) is 10.9. The third-order valence-electron chi connectivity index (χ3n) is 6.06. The largest absolute Gasteiger partial charge is 0.496 e. The van der Waals surface area contributed by atoms with Gasteiger partial charge in [0.05, 0.1) is 13.0 Å². The van der Waals surface area contributed by atoms with Gasteiger partial charge in [-0.25, -0.2) is 0 Å². The van der Waals surface area contributed by atoms with Gasteiger partial charge >= 0.3 is 0 Å². The molecular formula is C27H28N2O3. The summed E-state index contributed by atoms with van der Waals surface area (Å²) in [4.78, 5) is 29.9. The van der Waals surface area contributed by atoms with Crippen molar-refractivity contribution in [1.82, 2.24) is 9.80 Å². The Morgan fingerprint density at radius 1 is 0.906 bits per heavy atom. The van der Waals surface area contributed by atoms with Crippen molar-refractivity contribution in [3.05, 3.63) is 90.0 Å². The molecule has 1 heterocycles. The second-order valence-corrected chi connectivity index (χ2v) is 8.14. The highest BCUT2D eigenvalue weighted by molar-refractivity contribution is 5.95. The Balaban J connectivity index is 1.64. The van der Waals surface area contributed by atoms with Crippen molar-refractivity contribution < 1.29 is 14.3 Å². The number of rotatable bonds is 5. The normalized spacial score (nSPS) is 16.6. The molecule has 0 N–H and O–H groups in total. The second kappa shape index (κ2) is 9.69. The van der Waals surface area contributed by atoms with Crippen molar-refractivity contribution in [3.8, 4) is 16.9 Å². The molecule has 0 aliphatic carbocycles. The number of ether oxygens (including phenoxy) is 1. The average Bonchev–Trinajstić information content (AvgIpc) is 2.98. The lowest BCUT2D eigenvalue weighted by molar-refractivity contribution is -0.133. The van der Waals surface area contributed by atoms with Crippen molar-refractivity contribution in [1.29, 1.82) is 0 Å². The summed E-state index contributed by atoms with van der Waals surface area (Å²) in [6.45, 7) is 1.46. The summed E-state index contributed by atoms with van der Waals surface area (Å²) in [6.07, 6.45) is 0.552. The van der Waals surface area contributed by atoms with Gasteiger partial charge in [0.25, 0.3) is 5.91 Å². The zero-order valence-corrected chi connectivity index (χ0v) is 18.5. The highest BCUT2D eigenvalue weighted by atomic mass is 16.5. The number of benzene rings is 3. The predicted octanol–water partition coefficient (Wildman–Crippen LogP) is 4.14. The van der Waals surface area contributed by atoms with E-state index >= 15 is 0 Å². The highest BCUT2D eigenvalue weighted by Gasteiger charge is 2.31. The van der Waals surface area contributed by atoms with E-state index < -0.39 is 0 Å². The molecule has 4 rings (SSSR count). The van der Waals surface area contributed by atoms with Crippen LogP contribution in [0.5, 0.6) is 5.75 Å². The van der Waals surface area contributed by atoms with Gasteiger partial charge < -0.3 is 14.5 Å². The predicted molar refractivity (Wildman–Crippen MR) is 126 cm³/mol. The Kier molecular flexibility index (Phi) is 6.55. The fraction of sp³-hybridized carbons (Fsp3) is 0.259. The Morgan fingerprint density at radius 2 is 1.56 bits per heavy atom. The minimum absolute atomic E-state index is 0.0308. The molecule has 164 valence electrons. The fourth-order valence-corrected chi connectivity index (χ4v) is 4.32. The maximum Gasteiger partial charge on any atom is 0.253 e. The third kappa shape index (κ3) is 4.52. The molecule has 32 heavy (non-hydrogen) atoms. The molecule has 0 bridgehead atoms. The van der Waals surface area contributed by atoms with Crippen LogP contribution in [0.25, 0.3) is 11.1 Å². The topological polar surface area (TPSA) is 49.9 Å². The maximum absolute atomic E-state index is 13.2. The van der Waals surface area contributed by atoms with Crippen LogP contribution in [0.3, 0.4) is 0 Å². The zero-order chi connectivity index (χ0) is 22.5. The molecule has 3 aromatic carbocycles. The lowest BCUT2D eigenvalue weighted by Gasteiger charge is -2.24. The van der Waals surface area contributed by atoms with Crippen LogP contribution >= 0.6 is 0 Å². The first-order valence-electron chi connectivity index (χ1n) is 10.9. The minimum Gasteiger partial charge on any atom is -0.496 e. The van der Waals surface area contributed by atoms with E-state index in [4.69, 9.17) is 4.74 Å². The standard InChI is InChI=1S/C27H28N2O3/c1-28-16-17-29(27(31)20-10-4-3-5-11-20)19-22(26(28)30)18-21-12-6-7-13-23(21)24-14-8-9-15-25(24)32-2/h3-15,22H,16-19H2,1-2H3. The number of para-hydroxylation sites is 1. The third-order valence-corrected chi connectivity index (χ3v) is 6.06. The van der Waals surface area contributed by atoms with Crippen molar-refractivity contribution >= 4 is 11.8 Å². The summed E-state index contributed by atoms with van der Waals surface area (Å²) in [5.41, 5.74) is 3.76. The van der Waals surface area contributed by atoms with E-state index in [1.807, 2.05) is 78.7 Å². The van der Waals surface area contributed by atoms with Gasteiger partial charge in [0, 0.05) is 37.8 Å². The number of methoxy groups -OCH3 is 1. The summed E-state index contributed by atoms with van der Waals surface area (Å²) in [5, 5.41) is 0. The molecule has 1 aliphatic rings. The molecule has 0 radical (unpaired) electrons.